The van der Waals surface area contributed by atoms with Crippen LogP contribution in [0.25, 0.3) is 11.7 Å². The lowest BCUT2D eigenvalue weighted by Gasteiger charge is -2.16. The van der Waals surface area contributed by atoms with Gasteiger partial charge in [0, 0.05) is 13.0 Å². The summed E-state index contributed by atoms with van der Waals surface area (Å²) >= 11 is 0. The lowest BCUT2D eigenvalue weighted by atomic mass is 10.3. The fourth-order valence-electron chi connectivity index (χ4n) is 1.62. The zero-order valence-electron chi connectivity index (χ0n) is 10.6. The standard InChI is InChI=1S/C10H17N7O/c1-3-17(4-2)6-5-7-12-9(18-16-7)8-13-10(11)15-14-8/h3-6H2,1-2H3,(H3,11,13,14,15). The first-order chi connectivity index (χ1) is 8.72. The average molecular weight is 251 g/mol. The molecule has 3 N–H and O–H groups in total. The van der Waals surface area contributed by atoms with E-state index in [0.29, 0.717) is 17.5 Å². The number of rotatable bonds is 6. The summed E-state index contributed by atoms with van der Waals surface area (Å²) in [6.07, 6.45) is 0.745. The summed E-state index contributed by atoms with van der Waals surface area (Å²) in [6.45, 7) is 7.19. The van der Waals surface area contributed by atoms with Crippen molar-refractivity contribution in [3.05, 3.63) is 5.82 Å². The van der Waals surface area contributed by atoms with Crippen molar-refractivity contribution in [1.82, 2.24) is 30.2 Å². The molecule has 0 aliphatic carbocycles. The Hall–Kier alpha value is -1.96. The molecule has 0 aromatic carbocycles. The van der Waals surface area contributed by atoms with Crippen molar-refractivity contribution in [3.8, 4) is 11.7 Å². The van der Waals surface area contributed by atoms with Crippen LogP contribution in [0.1, 0.15) is 19.7 Å². The highest BCUT2D eigenvalue weighted by molar-refractivity contribution is 5.41. The van der Waals surface area contributed by atoms with Crippen LogP contribution in [-0.2, 0) is 6.42 Å². The van der Waals surface area contributed by atoms with E-state index >= 15 is 0 Å². The Bertz CT molecular complexity index is 488. The monoisotopic (exact) mass is 251 g/mol. The van der Waals surface area contributed by atoms with Crippen LogP contribution in [0.5, 0.6) is 0 Å². The third-order valence-corrected chi connectivity index (χ3v) is 2.72. The second-order valence-electron chi connectivity index (χ2n) is 3.83. The van der Waals surface area contributed by atoms with Crippen LogP contribution in [-0.4, -0.2) is 49.9 Å². The maximum Gasteiger partial charge on any atom is 0.295 e. The second kappa shape index (κ2) is 5.58. The van der Waals surface area contributed by atoms with Gasteiger partial charge in [-0.05, 0) is 13.1 Å². The smallest absolute Gasteiger partial charge is 0.295 e. The van der Waals surface area contributed by atoms with Gasteiger partial charge < -0.3 is 15.2 Å². The summed E-state index contributed by atoms with van der Waals surface area (Å²) in [4.78, 5) is 10.5. The van der Waals surface area contributed by atoms with Crippen molar-refractivity contribution in [2.45, 2.75) is 20.3 Å². The quantitative estimate of drug-likeness (QED) is 0.760. The number of likely N-dealkylation sites (N-methyl/N-ethyl adjacent to an activating group) is 1. The molecule has 0 spiro atoms. The van der Waals surface area contributed by atoms with Crippen LogP contribution in [0.15, 0.2) is 4.52 Å². The molecule has 2 aromatic heterocycles. The summed E-state index contributed by atoms with van der Waals surface area (Å²) in [5.41, 5.74) is 5.41. The number of anilines is 1. The number of nitrogens with zero attached hydrogens (tertiary/aromatic N) is 5. The number of nitrogens with two attached hydrogens (primary N) is 1. The Morgan fingerprint density at radius 1 is 1.28 bits per heavy atom. The van der Waals surface area contributed by atoms with E-state index in [0.717, 1.165) is 26.1 Å². The van der Waals surface area contributed by atoms with Crippen LogP contribution in [0.4, 0.5) is 5.95 Å². The van der Waals surface area contributed by atoms with Gasteiger partial charge in [-0.2, -0.15) is 9.97 Å². The van der Waals surface area contributed by atoms with Crippen LogP contribution in [0, 0.1) is 0 Å². The largest absolute Gasteiger partial charge is 0.366 e. The Labute approximate surface area is 105 Å². The number of H-pyrrole nitrogens is 1. The molecule has 0 saturated heterocycles. The predicted molar refractivity (Wildman–Crippen MR) is 65.6 cm³/mol. The van der Waals surface area contributed by atoms with E-state index in [2.05, 4.69) is 44.1 Å². The van der Waals surface area contributed by atoms with Crippen molar-refractivity contribution in [2.24, 2.45) is 0 Å². The molecule has 0 amide bonds. The van der Waals surface area contributed by atoms with Gasteiger partial charge >= 0.3 is 0 Å². The molecule has 98 valence electrons. The summed E-state index contributed by atoms with van der Waals surface area (Å²) in [6, 6.07) is 0. The number of hydrogen-bond donors (Lipinski definition) is 2. The molecule has 2 aromatic rings. The van der Waals surface area contributed by atoms with Crippen molar-refractivity contribution >= 4 is 5.95 Å². The molecule has 0 fully saturated rings. The molecule has 0 saturated carbocycles. The van der Waals surface area contributed by atoms with E-state index in [9.17, 15) is 0 Å². The fourth-order valence-corrected chi connectivity index (χ4v) is 1.62. The summed E-state index contributed by atoms with van der Waals surface area (Å²) in [5.74, 6) is 1.53. The SMILES string of the molecule is CCN(CC)CCc1noc(-c2nc(N)n[nH]2)n1. The Morgan fingerprint density at radius 3 is 2.67 bits per heavy atom. The zero-order chi connectivity index (χ0) is 13.0. The molecule has 2 heterocycles. The van der Waals surface area contributed by atoms with Gasteiger partial charge in [0.1, 0.15) is 0 Å². The number of hydrogen-bond acceptors (Lipinski definition) is 7. The van der Waals surface area contributed by atoms with Crippen molar-refractivity contribution in [3.63, 3.8) is 0 Å². The molecule has 0 atom stereocenters. The van der Waals surface area contributed by atoms with Crippen LogP contribution >= 0.6 is 0 Å². The molecular weight excluding hydrogens is 234 g/mol. The maximum absolute atomic E-state index is 5.41. The molecule has 0 bridgehead atoms. The highest BCUT2D eigenvalue weighted by atomic mass is 16.5. The molecule has 0 aliphatic heterocycles. The highest BCUT2D eigenvalue weighted by Crippen LogP contribution is 2.12. The Morgan fingerprint density at radius 2 is 2.06 bits per heavy atom. The Kier molecular flexibility index (Phi) is 3.88. The maximum atomic E-state index is 5.41. The van der Waals surface area contributed by atoms with Gasteiger partial charge in [0.05, 0.1) is 0 Å². The van der Waals surface area contributed by atoms with Crippen LogP contribution in [0.3, 0.4) is 0 Å². The van der Waals surface area contributed by atoms with Crippen LogP contribution in [0.2, 0.25) is 0 Å². The first-order valence-corrected chi connectivity index (χ1v) is 5.96. The normalized spacial score (nSPS) is 11.3. The average Bonchev–Trinajstić information content (AvgIpc) is 2.99. The first-order valence-electron chi connectivity index (χ1n) is 5.96. The number of aromatic nitrogens is 5. The minimum Gasteiger partial charge on any atom is -0.366 e. The fraction of sp³-hybridized carbons (Fsp3) is 0.600. The van der Waals surface area contributed by atoms with Gasteiger partial charge in [-0.1, -0.05) is 19.0 Å². The van der Waals surface area contributed by atoms with Gasteiger partial charge in [-0.3, -0.25) is 5.10 Å². The molecule has 8 heteroatoms. The van der Waals surface area contributed by atoms with E-state index < -0.39 is 0 Å². The summed E-state index contributed by atoms with van der Waals surface area (Å²) < 4.78 is 5.09. The molecule has 0 unspecified atom stereocenters. The molecule has 0 aliphatic rings. The predicted octanol–water partition coefficient (Wildman–Crippen LogP) is 0.321. The molecule has 2 rings (SSSR count). The molecular formula is C10H17N7O. The van der Waals surface area contributed by atoms with E-state index in [-0.39, 0.29) is 5.95 Å². The molecule has 18 heavy (non-hydrogen) atoms. The van der Waals surface area contributed by atoms with Crippen molar-refractivity contribution in [2.75, 3.05) is 25.4 Å². The van der Waals surface area contributed by atoms with Crippen molar-refractivity contribution in [1.29, 1.82) is 0 Å². The van der Waals surface area contributed by atoms with Gasteiger partial charge in [0.25, 0.3) is 5.89 Å². The number of aromatic amines is 1. The molecule has 8 nitrogen and oxygen atoms in total. The molecule has 0 radical (unpaired) electrons. The van der Waals surface area contributed by atoms with E-state index in [1.165, 1.54) is 0 Å². The second-order valence-corrected chi connectivity index (χ2v) is 3.83. The topological polar surface area (TPSA) is 110 Å². The van der Waals surface area contributed by atoms with E-state index in [1.807, 2.05) is 0 Å². The van der Waals surface area contributed by atoms with Gasteiger partial charge in [-0.25, -0.2) is 0 Å². The van der Waals surface area contributed by atoms with Gasteiger partial charge in [0.2, 0.25) is 11.8 Å². The lowest BCUT2D eigenvalue weighted by Crippen LogP contribution is -2.25. The van der Waals surface area contributed by atoms with E-state index in [4.69, 9.17) is 10.3 Å². The number of nitrogens with one attached hydrogen (secondary N) is 1. The number of nitrogen functional groups attached to an aromatic ring is 1. The summed E-state index contributed by atoms with van der Waals surface area (Å²) in [5, 5.41) is 10.2. The van der Waals surface area contributed by atoms with Crippen molar-refractivity contribution < 1.29 is 4.52 Å². The summed E-state index contributed by atoms with van der Waals surface area (Å²) in [7, 11) is 0. The minimum absolute atomic E-state index is 0.160. The lowest BCUT2D eigenvalue weighted by molar-refractivity contribution is 0.303. The van der Waals surface area contributed by atoms with E-state index in [1.54, 1.807) is 0 Å². The third kappa shape index (κ3) is 2.83. The Balaban J connectivity index is 1.98. The third-order valence-electron chi connectivity index (χ3n) is 2.72. The minimum atomic E-state index is 0.160. The van der Waals surface area contributed by atoms with Gasteiger partial charge in [-0.15, -0.1) is 5.10 Å². The van der Waals surface area contributed by atoms with Crippen LogP contribution < -0.4 is 5.73 Å². The first kappa shape index (κ1) is 12.5. The van der Waals surface area contributed by atoms with Gasteiger partial charge in [0.15, 0.2) is 5.82 Å². The highest BCUT2D eigenvalue weighted by Gasteiger charge is 2.13. The zero-order valence-corrected chi connectivity index (χ0v) is 10.6.